The highest BCUT2D eigenvalue weighted by Crippen LogP contribution is 2.38. The molecule has 0 aliphatic rings. The Morgan fingerprint density at radius 1 is 0.451 bits per heavy atom. The van der Waals surface area contributed by atoms with E-state index in [4.69, 9.17) is 0 Å². The Balaban J connectivity index is 1.14. The van der Waals surface area contributed by atoms with Gasteiger partial charge in [0.15, 0.2) is 0 Å². The summed E-state index contributed by atoms with van der Waals surface area (Å²) < 4.78 is 4.76. The molecule has 2 heterocycles. The van der Waals surface area contributed by atoms with Crippen molar-refractivity contribution in [1.82, 2.24) is 9.13 Å². The van der Waals surface area contributed by atoms with E-state index < -0.39 is 0 Å². The smallest absolute Gasteiger partial charge is 0.0541 e. The molecule has 51 heavy (non-hydrogen) atoms. The second-order valence-corrected chi connectivity index (χ2v) is 13.0. The summed E-state index contributed by atoms with van der Waals surface area (Å²) in [6.45, 7) is 6.05. The first-order valence-electron chi connectivity index (χ1n) is 17.5. The van der Waals surface area contributed by atoms with Gasteiger partial charge in [-0.15, -0.1) is 0 Å². The van der Waals surface area contributed by atoms with Gasteiger partial charge in [0.1, 0.15) is 0 Å². The lowest BCUT2D eigenvalue weighted by molar-refractivity contribution is 1.18. The molecule has 0 amide bonds. The third-order valence-electron chi connectivity index (χ3n) is 10.1. The van der Waals surface area contributed by atoms with Gasteiger partial charge in [-0.3, -0.25) is 0 Å². The topological polar surface area (TPSA) is 9.86 Å². The summed E-state index contributed by atoms with van der Waals surface area (Å²) in [7, 11) is 0. The summed E-state index contributed by atoms with van der Waals surface area (Å²) >= 11 is 0. The van der Waals surface area contributed by atoms with Gasteiger partial charge in [-0.05, 0) is 101 Å². The predicted molar refractivity (Wildman–Crippen MR) is 219 cm³/mol. The van der Waals surface area contributed by atoms with Crippen LogP contribution in [0, 0.1) is 0 Å². The molecule has 0 N–H and O–H groups in total. The van der Waals surface area contributed by atoms with Gasteiger partial charge in [0.2, 0.25) is 0 Å². The van der Waals surface area contributed by atoms with Crippen LogP contribution in [-0.4, -0.2) is 9.13 Å². The molecule has 9 rings (SSSR count). The fraction of sp³-hybridized carbons (Fsp3) is 0.0204. The van der Waals surface area contributed by atoms with Gasteiger partial charge in [0, 0.05) is 32.9 Å². The number of hydrogen-bond donors (Lipinski definition) is 0. The molecule has 0 unspecified atom stereocenters. The zero-order valence-corrected chi connectivity index (χ0v) is 28.5. The summed E-state index contributed by atoms with van der Waals surface area (Å²) in [5.74, 6) is 0. The summed E-state index contributed by atoms with van der Waals surface area (Å²) in [4.78, 5) is 0. The van der Waals surface area contributed by atoms with E-state index in [9.17, 15) is 0 Å². The van der Waals surface area contributed by atoms with Crippen LogP contribution >= 0.6 is 0 Å². The maximum Gasteiger partial charge on any atom is 0.0541 e. The molecule has 0 spiro atoms. The number of para-hydroxylation sites is 2. The van der Waals surface area contributed by atoms with Gasteiger partial charge in [0.25, 0.3) is 0 Å². The van der Waals surface area contributed by atoms with E-state index in [0.717, 1.165) is 22.5 Å². The van der Waals surface area contributed by atoms with Crippen LogP contribution in [-0.2, 0) is 0 Å². The van der Waals surface area contributed by atoms with Crippen molar-refractivity contribution in [2.75, 3.05) is 0 Å². The van der Waals surface area contributed by atoms with Gasteiger partial charge < -0.3 is 9.13 Å². The van der Waals surface area contributed by atoms with E-state index in [2.05, 4.69) is 192 Å². The number of hydrogen-bond acceptors (Lipinski definition) is 0. The molecule has 9 aromatic rings. The highest BCUT2D eigenvalue weighted by atomic mass is 15.0. The Morgan fingerprint density at radius 3 is 1.43 bits per heavy atom. The molecule has 0 bridgehead atoms. The molecule has 0 aliphatic heterocycles. The zero-order valence-electron chi connectivity index (χ0n) is 28.5. The van der Waals surface area contributed by atoms with Gasteiger partial charge in [-0.1, -0.05) is 134 Å². The van der Waals surface area contributed by atoms with Crippen molar-refractivity contribution >= 4 is 49.2 Å². The molecule has 7 aromatic carbocycles. The Morgan fingerprint density at radius 2 is 0.902 bits per heavy atom. The van der Waals surface area contributed by atoms with Crippen LogP contribution in [0.15, 0.2) is 195 Å². The van der Waals surface area contributed by atoms with E-state index in [0.29, 0.717) is 0 Å². The molecule has 0 radical (unpaired) electrons. The second-order valence-electron chi connectivity index (χ2n) is 13.0. The third kappa shape index (κ3) is 5.21. The van der Waals surface area contributed by atoms with Gasteiger partial charge >= 0.3 is 0 Å². The fourth-order valence-corrected chi connectivity index (χ4v) is 7.58. The highest BCUT2D eigenvalue weighted by molar-refractivity contribution is 6.12. The number of rotatable bonds is 7. The van der Waals surface area contributed by atoms with Crippen LogP contribution in [0.4, 0.5) is 0 Å². The minimum atomic E-state index is 1.10. The average Bonchev–Trinajstić information content (AvgIpc) is 3.71. The fourth-order valence-electron chi connectivity index (χ4n) is 7.58. The Labute approximate surface area is 298 Å². The predicted octanol–water partition coefficient (Wildman–Crippen LogP) is 13.4. The van der Waals surface area contributed by atoms with Crippen LogP contribution in [0.1, 0.15) is 12.5 Å². The molecular weight excluding hydrogens is 617 g/mol. The van der Waals surface area contributed by atoms with Crippen molar-refractivity contribution in [2.24, 2.45) is 0 Å². The molecule has 242 valence electrons. The van der Waals surface area contributed by atoms with E-state index in [1.807, 2.05) is 19.1 Å². The van der Waals surface area contributed by atoms with Crippen molar-refractivity contribution in [1.29, 1.82) is 0 Å². The maximum atomic E-state index is 4.03. The third-order valence-corrected chi connectivity index (χ3v) is 10.1. The Kier molecular flexibility index (Phi) is 7.56. The first kappa shape index (κ1) is 30.4. The molecular formula is C49H36N2. The van der Waals surface area contributed by atoms with E-state index in [1.54, 1.807) is 0 Å². The van der Waals surface area contributed by atoms with Crippen molar-refractivity contribution in [3.63, 3.8) is 0 Å². The monoisotopic (exact) mass is 652 g/mol. The van der Waals surface area contributed by atoms with Crippen LogP contribution in [0.25, 0.3) is 82.8 Å². The first-order valence-corrected chi connectivity index (χ1v) is 17.5. The molecule has 2 heteroatoms. The van der Waals surface area contributed by atoms with Crippen molar-refractivity contribution < 1.29 is 0 Å². The lowest BCUT2D eigenvalue weighted by Crippen LogP contribution is -1.94. The normalized spacial score (nSPS) is 12.1. The van der Waals surface area contributed by atoms with Gasteiger partial charge in [0.05, 0.1) is 22.1 Å². The molecule has 0 aliphatic carbocycles. The maximum absolute atomic E-state index is 4.03. The first-order chi connectivity index (χ1) is 25.2. The molecule has 2 aromatic heterocycles. The number of aromatic nitrogens is 2. The summed E-state index contributed by atoms with van der Waals surface area (Å²) in [5.41, 5.74) is 14.2. The molecule has 0 fully saturated rings. The van der Waals surface area contributed by atoms with E-state index in [-0.39, 0.29) is 0 Å². The second kappa shape index (κ2) is 12.7. The summed E-state index contributed by atoms with van der Waals surface area (Å²) in [6.07, 6.45) is 8.10. The zero-order chi connectivity index (χ0) is 34.3. The Bertz CT molecular complexity index is 2790. The Hall–Kier alpha value is -6.64. The standard InChI is InChI=1S/C49H36N2/c1-3-5-13-34(4-2)36-20-26-40(27-21-36)50-46-18-11-9-16-42(46)44-32-38(24-30-48(44)50)39-25-31-49-45(33-39)43-17-10-12-19-47(43)51(49)41-28-22-37(23-29-41)35-14-7-6-8-15-35/h3-33H,2H2,1H3/b5-3-,34-13+. The van der Waals surface area contributed by atoms with E-state index >= 15 is 0 Å². The quantitative estimate of drug-likeness (QED) is 0.152. The number of fused-ring (bicyclic) bond motifs is 6. The number of benzene rings is 7. The van der Waals surface area contributed by atoms with E-state index in [1.165, 1.54) is 65.9 Å². The minimum absolute atomic E-state index is 1.10. The SMILES string of the molecule is C=C/C(=C\C=C/C)c1ccc(-n2c3ccccc3c3cc(-c4ccc5c(c4)c4ccccc4n5-c4ccc(-c5ccccc5)cc4)ccc32)cc1. The van der Waals surface area contributed by atoms with Crippen LogP contribution < -0.4 is 0 Å². The largest absolute Gasteiger partial charge is 0.309 e. The van der Waals surface area contributed by atoms with Crippen LogP contribution in [0.2, 0.25) is 0 Å². The van der Waals surface area contributed by atoms with Crippen LogP contribution in [0.3, 0.4) is 0 Å². The lowest BCUT2D eigenvalue weighted by atomic mass is 10.0. The molecule has 2 nitrogen and oxygen atoms in total. The van der Waals surface area contributed by atoms with Crippen LogP contribution in [0.5, 0.6) is 0 Å². The van der Waals surface area contributed by atoms with Gasteiger partial charge in [-0.2, -0.15) is 0 Å². The molecule has 0 saturated carbocycles. The van der Waals surface area contributed by atoms with Crippen molar-refractivity contribution in [2.45, 2.75) is 6.92 Å². The lowest BCUT2D eigenvalue weighted by Gasteiger charge is -2.11. The van der Waals surface area contributed by atoms with Crippen molar-refractivity contribution in [3.8, 4) is 33.6 Å². The highest BCUT2D eigenvalue weighted by Gasteiger charge is 2.16. The summed E-state index contributed by atoms with van der Waals surface area (Å²) in [5, 5.41) is 4.99. The van der Waals surface area contributed by atoms with Crippen molar-refractivity contribution in [3.05, 3.63) is 200 Å². The average molecular weight is 653 g/mol. The summed E-state index contributed by atoms with van der Waals surface area (Å²) in [6, 6.07) is 59.6. The molecule has 0 saturated heterocycles. The molecule has 0 atom stereocenters. The number of allylic oxidation sites excluding steroid dienone is 5. The number of nitrogens with zero attached hydrogens (tertiary/aromatic N) is 2. The minimum Gasteiger partial charge on any atom is -0.309 e. The van der Waals surface area contributed by atoms with Gasteiger partial charge in [-0.25, -0.2) is 0 Å².